The van der Waals surface area contributed by atoms with E-state index in [4.69, 9.17) is 9.15 Å². The van der Waals surface area contributed by atoms with E-state index in [1.54, 1.807) is 0 Å². The maximum Gasteiger partial charge on any atom is 0.192 e. The number of ether oxygens (including phenoxy) is 1. The predicted octanol–water partition coefficient (Wildman–Crippen LogP) is 3.30. The molecule has 0 N–H and O–H groups in total. The van der Waals surface area contributed by atoms with Gasteiger partial charge in [0.1, 0.15) is 5.58 Å². The third kappa shape index (κ3) is 2.51. The molecule has 0 atom stereocenters. The van der Waals surface area contributed by atoms with Crippen LogP contribution in [0.25, 0.3) is 22.1 Å². The van der Waals surface area contributed by atoms with Crippen molar-refractivity contribution in [2.75, 3.05) is 31.2 Å². The summed E-state index contributed by atoms with van der Waals surface area (Å²) in [7, 11) is 0. The van der Waals surface area contributed by atoms with E-state index in [1.807, 2.05) is 30.3 Å². The maximum absolute atomic E-state index is 12.1. The van der Waals surface area contributed by atoms with Gasteiger partial charge in [-0.1, -0.05) is 30.3 Å². The summed E-state index contributed by atoms with van der Waals surface area (Å²) in [6.45, 7) is 3.20. The van der Waals surface area contributed by atoms with Gasteiger partial charge in [-0.15, -0.1) is 0 Å². The Balaban J connectivity index is 1.92. The molecular formula is C19H17NO3. The molecule has 1 saturated heterocycles. The topological polar surface area (TPSA) is 42.7 Å². The Morgan fingerprint density at radius 2 is 1.65 bits per heavy atom. The van der Waals surface area contributed by atoms with Crippen molar-refractivity contribution >= 4 is 16.7 Å². The molecule has 0 saturated carbocycles. The van der Waals surface area contributed by atoms with E-state index in [9.17, 15) is 4.79 Å². The summed E-state index contributed by atoms with van der Waals surface area (Å²) in [5.41, 5.74) is 3.80. The fourth-order valence-corrected chi connectivity index (χ4v) is 3.11. The lowest BCUT2D eigenvalue weighted by Gasteiger charge is -2.30. The first kappa shape index (κ1) is 14.0. The number of hydrogen-bond acceptors (Lipinski definition) is 4. The predicted molar refractivity (Wildman–Crippen MR) is 91.0 cm³/mol. The molecule has 0 spiro atoms. The van der Waals surface area contributed by atoms with Gasteiger partial charge in [-0.05, 0) is 12.1 Å². The van der Waals surface area contributed by atoms with Gasteiger partial charge in [0.05, 0.1) is 24.9 Å². The minimum atomic E-state index is -0.0167. The number of morpholine rings is 1. The largest absolute Gasteiger partial charge is 0.463 e. The highest BCUT2D eigenvalue weighted by atomic mass is 16.5. The first-order valence-corrected chi connectivity index (χ1v) is 7.77. The highest BCUT2D eigenvalue weighted by molar-refractivity contribution is 5.95. The molecule has 1 aliphatic rings. The summed E-state index contributed by atoms with van der Waals surface area (Å²) in [5, 5.41) is 0.613. The Kier molecular flexibility index (Phi) is 3.60. The lowest BCUT2D eigenvalue weighted by atomic mass is 10.00. The van der Waals surface area contributed by atoms with Crippen molar-refractivity contribution in [1.29, 1.82) is 0 Å². The Labute approximate surface area is 133 Å². The molecule has 2 heterocycles. The van der Waals surface area contributed by atoms with Crippen molar-refractivity contribution in [3.8, 4) is 11.1 Å². The number of rotatable bonds is 2. The Hall–Kier alpha value is -2.59. The van der Waals surface area contributed by atoms with Crippen molar-refractivity contribution in [3.63, 3.8) is 0 Å². The molecule has 0 amide bonds. The average Bonchev–Trinajstić information content (AvgIpc) is 2.62. The van der Waals surface area contributed by atoms with Gasteiger partial charge in [0.2, 0.25) is 0 Å². The minimum Gasteiger partial charge on any atom is -0.463 e. The van der Waals surface area contributed by atoms with Crippen LogP contribution in [-0.4, -0.2) is 26.3 Å². The molecule has 1 aromatic heterocycles. The van der Waals surface area contributed by atoms with Gasteiger partial charge in [-0.2, -0.15) is 0 Å². The normalized spacial score (nSPS) is 15.0. The first-order valence-electron chi connectivity index (χ1n) is 7.77. The smallest absolute Gasteiger partial charge is 0.192 e. The number of anilines is 1. The molecule has 2 aromatic carbocycles. The van der Waals surface area contributed by atoms with Gasteiger partial charge in [-0.25, -0.2) is 0 Å². The molecular weight excluding hydrogens is 290 g/mol. The molecule has 23 heavy (non-hydrogen) atoms. The molecule has 0 bridgehead atoms. The fourth-order valence-electron chi connectivity index (χ4n) is 3.11. The summed E-state index contributed by atoms with van der Waals surface area (Å²) in [4.78, 5) is 14.4. The molecule has 0 radical (unpaired) electrons. The zero-order valence-electron chi connectivity index (χ0n) is 12.7. The molecule has 4 nitrogen and oxygen atoms in total. The van der Waals surface area contributed by atoms with Crippen LogP contribution in [0.3, 0.4) is 0 Å². The van der Waals surface area contributed by atoms with Gasteiger partial charge in [-0.3, -0.25) is 4.79 Å². The van der Waals surface area contributed by atoms with Gasteiger partial charge in [0.25, 0.3) is 0 Å². The van der Waals surface area contributed by atoms with E-state index in [1.165, 1.54) is 12.3 Å². The Morgan fingerprint density at radius 3 is 2.52 bits per heavy atom. The van der Waals surface area contributed by atoms with E-state index in [0.717, 1.165) is 43.1 Å². The van der Waals surface area contributed by atoms with Crippen LogP contribution in [0.4, 0.5) is 5.69 Å². The second kappa shape index (κ2) is 5.89. The highest BCUT2D eigenvalue weighted by Crippen LogP contribution is 2.35. The zero-order valence-corrected chi connectivity index (χ0v) is 12.7. The molecule has 116 valence electrons. The van der Waals surface area contributed by atoms with Gasteiger partial charge in [0, 0.05) is 36.0 Å². The molecule has 0 unspecified atom stereocenters. The monoisotopic (exact) mass is 307 g/mol. The van der Waals surface area contributed by atoms with Crippen LogP contribution in [0, 0.1) is 0 Å². The van der Waals surface area contributed by atoms with Crippen molar-refractivity contribution in [2.45, 2.75) is 0 Å². The van der Waals surface area contributed by atoms with Crippen molar-refractivity contribution < 1.29 is 9.15 Å². The summed E-state index contributed by atoms with van der Waals surface area (Å²) < 4.78 is 11.1. The second-order valence-corrected chi connectivity index (χ2v) is 5.58. The number of hydrogen-bond donors (Lipinski definition) is 0. The molecule has 1 aliphatic heterocycles. The van der Waals surface area contributed by atoms with Gasteiger partial charge < -0.3 is 14.1 Å². The van der Waals surface area contributed by atoms with E-state index in [0.29, 0.717) is 11.0 Å². The lowest BCUT2D eigenvalue weighted by molar-refractivity contribution is 0.123. The van der Waals surface area contributed by atoms with Crippen molar-refractivity contribution in [1.82, 2.24) is 0 Å². The van der Waals surface area contributed by atoms with E-state index in [-0.39, 0.29) is 5.43 Å². The van der Waals surface area contributed by atoms with Crippen LogP contribution >= 0.6 is 0 Å². The zero-order chi connectivity index (χ0) is 15.6. The van der Waals surface area contributed by atoms with Crippen molar-refractivity contribution in [3.05, 3.63) is 65.0 Å². The van der Waals surface area contributed by atoms with Gasteiger partial charge >= 0.3 is 0 Å². The summed E-state index contributed by atoms with van der Waals surface area (Å²) >= 11 is 0. The van der Waals surface area contributed by atoms with E-state index in [2.05, 4.69) is 17.0 Å². The molecule has 1 fully saturated rings. The van der Waals surface area contributed by atoms with E-state index >= 15 is 0 Å². The SMILES string of the molecule is O=c1ccoc2c(-c3ccccc3N3CCOCC3)cccc12. The fraction of sp³-hybridized carbons (Fsp3) is 0.211. The van der Waals surface area contributed by atoms with Crippen LogP contribution in [0.1, 0.15) is 0 Å². The second-order valence-electron chi connectivity index (χ2n) is 5.58. The minimum absolute atomic E-state index is 0.0167. The Morgan fingerprint density at radius 1 is 0.870 bits per heavy atom. The quantitative estimate of drug-likeness (QED) is 0.728. The van der Waals surface area contributed by atoms with Crippen LogP contribution in [0.15, 0.2) is 64.0 Å². The van der Waals surface area contributed by atoms with Crippen molar-refractivity contribution in [2.24, 2.45) is 0 Å². The Bertz CT molecular complexity index is 894. The summed E-state index contributed by atoms with van der Waals surface area (Å²) in [6, 6.07) is 15.4. The van der Waals surface area contributed by atoms with Crippen LogP contribution < -0.4 is 10.3 Å². The number of para-hydroxylation sites is 2. The van der Waals surface area contributed by atoms with Crippen LogP contribution in [0.2, 0.25) is 0 Å². The molecule has 3 aromatic rings. The molecule has 4 rings (SSSR count). The number of fused-ring (bicyclic) bond motifs is 1. The standard InChI is InChI=1S/C19H17NO3/c21-18-8-11-23-19-15(5-3-6-16(18)19)14-4-1-2-7-17(14)20-9-12-22-13-10-20/h1-8,11H,9-10,12-13H2. The molecule has 4 heteroatoms. The summed E-state index contributed by atoms with van der Waals surface area (Å²) in [6.07, 6.45) is 1.46. The van der Waals surface area contributed by atoms with Crippen LogP contribution in [-0.2, 0) is 4.74 Å². The van der Waals surface area contributed by atoms with E-state index < -0.39 is 0 Å². The highest BCUT2D eigenvalue weighted by Gasteiger charge is 2.17. The number of benzene rings is 2. The number of nitrogens with zero attached hydrogens (tertiary/aromatic N) is 1. The third-order valence-corrected chi connectivity index (χ3v) is 4.23. The third-order valence-electron chi connectivity index (χ3n) is 4.23. The molecule has 0 aliphatic carbocycles. The first-order chi connectivity index (χ1) is 11.3. The maximum atomic E-state index is 12.1. The van der Waals surface area contributed by atoms with Gasteiger partial charge in [0.15, 0.2) is 5.43 Å². The van der Waals surface area contributed by atoms with Crippen LogP contribution in [0.5, 0.6) is 0 Å². The average molecular weight is 307 g/mol. The lowest BCUT2D eigenvalue weighted by Crippen LogP contribution is -2.36. The summed E-state index contributed by atoms with van der Waals surface area (Å²) in [5.74, 6) is 0.